The quantitative estimate of drug-likeness (QED) is 0.443. The van der Waals surface area contributed by atoms with Gasteiger partial charge in [0.05, 0.1) is 23.6 Å². The molecule has 7 heteroatoms. The summed E-state index contributed by atoms with van der Waals surface area (Å²) in [6, 6.07) is 0. The molecular formula is C16H21N2O4S+. The molecule has 0 spiro atoms. The number of esters is 1. The summed E-state index contributed by atoms with van der Waals surface area (Å²) in [7, 11) is 0. The van der Waals surface area contributed by atoms with Crippen molar-refractivity contribution in [1.29, 1.82) is 0 Å². The molecule has 1 aliphatic carbocycles. The largest absolute Gasteiger partial charge is 0.462 e. The summed E-state index contributed by atoms with van der Waals surface area (Å²) in [5.74, 6) is -0.672. The molecule has 0 aromatic carbocycles. The normalized spacial score (nSPS) is 13.3. The molecule has 2 rings (SSSR count). The number of rotatable bonds is 7. The summed E-state index contributed by atoms with van der Waals surface area (Å²) >= 11 is 1.18. The molecule has 3 N–H and O–H groups in total. The molecule has 0 saturated heterocycles. The first-order valence-electron chi connectivity index (χ1n) is 7.66. The number of quaternary nitrogens is 1. The van der Waals surface area contributed by atoms with E-state index in [2.05, 4.69) is 11.9 Å². The van der Waals surface area contributed by atoms with Crippen LogP contribution in [-0.2, 0) is 16.0 Å². The van der Waals surface area contributed by atoms with Crippen LogP contribution in [0.3, 0.4) is 0 Å². The van der Waals surface area contributed by atoms with Gasteiger partial charge in [0.25, 0.3) is 5.91 Å². The van der Waals surface area contributed by atoms with Crippen LogP contribution in [0, 0.1) is 0 Å². The second-order valence-electron chi connectivity index (χ2n) is 5.18. The van der Waals surface area contributed by atoms with E-state index in [-0.39, 0.29) is 24.8 Å². The van der Waals surface area contributed by atoms with Crippen LogP contribution in [0.1, 0.15) is 45.4 Å². The minimum Gasteiger partial charge on any atom is -0.462 e. The van der Waals surface area contributed by atoms with Gasteiger partial charge in [-0.2, -0.15) is 0 Å². The number of fused-ring (bicyclic) bond motifs is 1. The van der Waals surface area contributed by atoms with Crippen LogP contribution < -0.4 is 10.6 Å². The number of carbonyl (C=O) groups excluding carboxylic acids is 3. The van der Waals surface area contributed by atoms with E-state index in [0.29, 0.717) is 34.8 Å². The van der Waals surface area contributed by atoms with E-state index in [0.717, 1.165) is 12.0 Å². The Kier molecular flexibility index (Phi) is 6.06. The number of anilines is 1. The van der Waals surface area contributed by atoms with Gasteiger partial charge in [0.2, 0.25) is 0 Å². The van der Waals surface area contributed by atoms with Crippen LogP contribution in [0.4, 0.5) is 5.00 Å². The van der Waals surface area contributed by atoms with Crippen molar-refractivity contribution in [3.8, 4) is 0 Å². The van der Waals surface area contributed by atoms with Gasteiger partial charge in [-0.05, 0) is 31.4 Å². The number of nitrogens with one attached hydrogen (secondary N) is 1. The van der Waals surface area contributed by atoms with Gasteiger partial charge < -0.3 is 15.4 Å². The predicted octanol–water partition coefficient (Wildman–Crippen LogP) is 1.13. The Labute approximate surface area is 138 Å². The number of amides is 1. The van der Waals surface area contributed by atoms with Crippen molar-refractivity contribution in [3.63, 3.8) is 0 Å². The Hall–Kier alpha value is -1.99. The summed E-state index contributed by atoms with van der Waals surface area (Å²) in [6.07, 6.45) is 3.57. The minimum atomic E-state index is -0.481. The van der Waals surface area contributed by atoms with Crippen molar-refractivity contribution >= 4 is 34.0 Å². The molecule has 124 valence electrons. The van der Waals surface area contributed by atoms with E-state index in [4.69, 9.17) is 4.74 Å². The van der Waals surface area contributed by atoms with Crippen molar-refractivity contribution in [3.05, 3.63) is 28.7 Å². The zero-order valence-corrected chi connectivity index (χ0v) is 14.0. The lowest BCUT2D eigenvalue weighted by Crippen LogP contribution is -2.86. The Bertz CT molecular complexity index is 636. The molecule has 0 bridgehead atoms. The number of thiophene rings is 1. The van der Waals surface area contributed by atoms with Gasteiger partial charge in [0.1, 0.15) is 5.00 Å². The fourth-order valence-electron chi connectivity index (χ4n) is 2.49. The first kappa shape index (κ1) is 17.4. The Morgan fingerprint density at radius 3 is 2.91 bits per heavy atom. The van der Waals surface area contributed by atoms with Crippen LogP contribution in [0.15, 0.2) is 12.7 Å². The maximum absolute atomic E-state index is 12.2. The molecule has 0 atom stereocenters. The number of hydrogen-bond acceptors (Lipinski definition) is 5. The van der Waals surface area contributed by atoms with Crippen LogP contribution in [0.2, 0.25) is 0 Å². The van der Waals surface area contributed by atoms with Crippen LogP contribution in [0.5, 0.6) is 0 Å². The lowest BCUT2D eigenvalue weighted by atomic mass is 9.94. The topological polar surface area (TPSA) is 89.1 Å². The highest BCUT2D eigenvalue weighted by Crippen LogP contribution is 2.38. The van der Waals surface area contributed by atoms with Crippen molar-refractivity contribution in [2.45, 2.75) is 26.2 Å². The molecule has 6 nitrogen and oxygen atoms in total. The van der Waals surface area contributed by atoms with Crippen LogP contribution >= 0.6 is 11.3 Å². The second-order valence-corrected chi connectivity index (χ2v) is 6.20. The number of ketones is 1. The summed E-state index contributed by atoms with van der Waals surface area (Å²) in [5, 5.41) is 4.96. The number of nitrogens with two attached hydrogens (primary N) is 1. The molecular weight excluding hydrogens is 316 g/mol. The highest BCUT2D eigenvalue weighted by molar-refractivity contribution is 7.18. The molecule has 1 amide bonds. The SMILES string of the molecule is C=CC[NH2+]CC(=O)Nc1sc2c(c1C(=O)OCC)CCCC2=O. The average Bonchev–Trinajstić information content (AvgIpc) is 2.87. The molecule has 1 aromatic heterocycles. The molecule has 0 radical (unpaired) electrons. The third-order valence-electron chi connectivity index (χ3n) is 3.49. The van der Waals surface area contributed by atoms with Crippen LogP contribution in [0.25, 0.3) is 0 Å². The Morgan fingerprint density at radius 2 is 2.22 bits per heavy atom. The Morgan fingerprint density at radius 1 is 1.43 bits per heavy atom. The smallest absolute Gasteiger partial charge is 0.341 e. The third-order valence-corrected chi connectivity index (χ3v) is 4.67. The van der Waals surface area contributed by atoms with E-state index in [9.17, 15) is 14.4 Å². The number of hydrogen-bond donors (Lipinski definition) is 2. The van der Waals surface area contributed by atoms with E-state index in [1.54, 1.807) is 18.3 Å². The van der Waals surface area contributed by atoms with Crippen LogP contribution in [-0.4, -0.2) is 37.4 Å². The monoisotopic (exact) mass is 337 g/mol. The van der Waals surface area contributed by atoms with Gasteiger partial charge in [0, 0.05) is 6.42 Å². The zero-order valence-electron chi connectivity index (χ0n) is 13.1. The molecule has 0 unspecified atom stereocenters. The molecule has 23 heavy (non-hydrogen) atoms. The third kappa shape index (κ3) is 4.05. The van der Waals surface area contributed by atoms with E-state index < -0.39 is 5.97 Å². The van der Waals surface area contributed by atoms with E-state index >= 15 is 0 Å². The van der Waals surface area contributed by atoms with Crippen molar-refractivity contribution in [2.24, 2.45) is 0 Å². The maximum atomic E-state index is 12.2. The van der Waals surface area contributed by atoms with Gasteiger partial charge in [0.15, 0.2) is 12.3 Å². The molecule has 0 aliphatic heterocycles. The maximum Gasteiger partial charge on any atom is 0.341 e. The molecule has 1 aliphatic rings. The summed E-state index contributed by atoms with van der Waals surface area (Å²) in [6.45, 7) is 6.43. The highest BCUT2D eigenvalue weighted by Gasteiger charge is 2.30. The van der Waals surface area contributed by atoms with Gasteiger partial charge in [-0.15, -0.1) is 11.3 Å². The van der Waals surface area contributed by atoms with E-state index in [1.807, 2.05) is 0 Å². The lowest BCUT2D eigenvalue weighted by molar-refractivity contribution is -0.634. The van der Waals surface area contributed by atoms with Gasteiger partial charge in [-0.3, -0.25) is 9.59 Å². The summed E-state index contributed by atoms with van der Waals surface area (Å²) < 4.78 is 5.09. The average molecular weight is 337 g/mol. The number of ether oxygens (including phenoxy) is 1. The van der Waals surface area contributed by atoms with Gasteiger partial charge >= 0.3 is 5.97 Å². The zero-order chi connectivity index (χ0) is 16.8. The van der Waals surface area contributed by atoms with Crippen molar-refractivity contribution in [2.75, 3.05) is 25.0 Å². The first-order valence-corrected chi connectivity index (χ1v) is 8.48. The number of Topliss-reactive ketones (excluding diaryl/α,β-unsaturated/α-hetero) is 1. The standard InChI is InChI=1S/C16H20N2O4S/c1-3-8-17-9-12(20)18-15-13(16(21)22-4-2)10-6-5-7-11(19)14(10)23-15/h3,17H,1,4-9H2,2H3,(H,18,20)/p+1. The summed E-state index contributed by atoms with van der Waals surface area (Å²) in [5.41, 5.74) is 1.06. The Balaban J connectivity index is 2.26. The molecule has 0 saturated carbocycles. The molecule has 1 heterocycles. The summed E-state index contributed by atoms with van der Waals surface area (Å²) in [4.78, 5) is 36.9. The van der Waals surface area contributed by atoms with Crippen molar-refractivity contribution in [1.82, 2.24) is 0 Å². The molecule has 1 aromatic rings. The predicted molar refractivity (Wildman–Crippen MR) is 88.0 cm³/mol. The fourth-order valence-corrected chi connectivity index (χ4v) is 3.71. The lowest BCUT2D eigenvalue weighted by Gasteiger charge is -2.11. The van der Waals surface area contributed by atoms with E-state index in [1.165, 1.54) is 11.3 Å². The van der Waals surface area contributed by atoms with Crippen molar-refractivity contribution < 1.29 is 24.4 Å². The van der Waals surface area contributed by atoms with Gasteiger partial charge in [-0.25, -0.2) is 4.79 Å². The second kappa shape index (κ2) is 8.03. The first-order chi connectivity index (χ1) is 11.1. The number of carbonyl (C=O) groups is 3. The fraction of sp³-hybridized carbons (Fsp3) is 0.438. The molecule has 0 fully saturated rings. The minimum absolute atomic E-state index is 0.0283. The van der Waals surface area contributed by atoms with Gasteiger partial charge in [-0.1, -0.05) is 6.58 Å². The highest BCUT2D eigenvalue weighted by atomic mass is 32.1.